The van der Waals surface area contributed by atoms with Crippen LogP contribution in [0.2, 0.25) is 0 Å². The lowest BCUT2D eigenvalue weighted by atomic mass is 10.1. The number of hydrogen-bond acceptors (Lipinski definition) is 3. The molecule has 0 aliphatic heterocycles. The fourth-order valence-corrected chi connectivity index (χ4v) is 2.18. The molecule has 0 aromatic carbocycles. The summed E-state index contributed by atoms with van der Waals surface area (Å²) in [7, 11) is 1.94. The molecule has 0 radical (unpaired) electrons. The minimum Gasteiger partial charge on any atom is -0.396 e. The third-order valence-corrected chi connectivity index (χ3v) is 3.28. The van der Waals surface area contributed by atoms with Gasteiger partial charge in [0.2, 0.25) is 0 Å². The first-order chi connectivity index (χ1) is 8.54. The maximum absolute atomic E-state index is 6.07. The number of nitrogens with two attached hydrogens (primary N) is 1. The van der Waals surface area contributed by atoms with Gasteiger partial charge >= 0.3 is 0 Å². The molecule has 0 atom stereocenters. The van der Waals surface area contributed by atoms with Crippen molar-refractivity contribution in [3.8, 4) is 11.3 Å². The Hall–Kier alpha value is -1.78. The SMILES string of the molecule is CCCCn1cc(N)c(-c2c(C)nn(C)c2C)n1. The van der Waals surface area contributed by atoms with Crippen LogP contribution in [0.1, 0.15) is 31.2 Å². The van der Waals surface area contributed by atoms with E-state index in [9.17, 15) is 0 Å². The zero-order valence-corrected chi connectivity index (χ0v) is 11.6. The van der Waals surface area contributed by atoms with E-state index in [1.807, 2.05) is 36.5 Å². The molecule has 0 aliphatic rings. The van der Waals surface area contributed by atoms with Crippen LogP contribution in [0.3, 0.4) is 0 Å². The highest BCUT2D eigenvalue weighted by Gasteiger charge is 2.17. The third kappa shape index (κ3) is 2.12. The molecule has 2 rings (SSSR count). The van der Waals surface area contributed by atoms with E-state index in [0.29, 0.717) is 0 Å². The zero-order valence-electron chi connectivity index (χ0n) is 11.6. The fourth-order valence-electron chi connectivity index (χ4n) is 2.18. The lowest BCUT2D eigenvalue weighted by Gasteiger charge is -2.00. The van der Waals surface area contributed by atoms with Crippen molar-refractivity contribution in [2.24, 2.45) is 7.05 Å². The van der Waals surface area contributed by atoms with Crippen LogP contribution in [0.4, 0.5) is 5.69 Å². The summed E-state index contributed by atoms with van der Waals surface area (Å²) in [6, 6.07) is 0. The van der Waals surface area contributed by atoms with E-state index in [0.717, 1.165) is 47.7 Å². The number of nitrogens with zero attached hydrogens (tertiary/aromatic N) is 4. The Bertz CT molecular complexity index is 550. The minimum atomic E-state index is 0.727. The van der Waals surface area contributed by atoms with Gasteiger partial charge < -0.3 is 5.73 Å². The molecule has 0 unspecified atom stereocenters. The van der Waals surface area contributed by atoms with Crippen molar-refractivity contribution < 1.29 is 0 Å². The highest BCUT2D eigenvalue weighted by atomic mass is 15.3. The molecule has 0 spiro atoms. The number of anilines is 1. The highest BCUT2D eigenvalue weighted by Crippen LogP contribution is 2.29. The molecule has 0 amide bonds. The van der Waals surface area contributed by atoms with Crippen molar-refractivity contribution in [3.05, 3.63) is 17.6 Å². The highest BCUT2D eigenvalue weighted by molar-refractivity contribution is 5.75. The Labute approximate surface area is 108 Å². The van der Waals surface area contributed by atoms with E-state index < -0.39 is 0 Å². The van der Waals surface area contributed by atoms with Crippen LogP contribution in [0.25, 0.3) is 11.3 Å². The third-order valence-electron chi connectivity index (χ3n) is 3.28. The molecule has 5 nitrogen and oxygen atoms in total. The molecule has 2 heterocycles. The number of unbranched alkanes of at least 4 members (excludes halogenated alkanes) is 1. The van der Waals surface area contributed by atoms with Crippen LogP contribution in [0.15, 0.2) is 6.20 Å². The van der Waals surface area contributed by atoms with E-state index in [1.165, 1.54) is 0 Å². The number of nitrogen functional groups attached to an aromatic ring is 1. The second kappa shape index (κ2) is 4.84. The largest absolute Gasteiger partial charge is 0.396 e. The predicted molar refractivity (Wildman–Crippen MR) is 73.2 cm³/mol. The van der Waals surface area contributed by atoms with E-state index in [2.05, 4.69) is 17.1 Å². The fraction of sp³-hybridized carbons (Fsp3) is 0.538. The van der Waals surface area contributed by atoms with Gasteiger partial charge in [-0.3, -0.25) is 9.36 Å². The van der Waals surface area contributed by atoms with Crippen molar-refractivity contribution in [1.82, 2.24) is 19.6 Å². The van der Waals surface area contributed by atoms with Gasteiger partial charge in [0.15, 0.2) is 0 Å². The maximum atomic E-state index is 6.07. The van der Waals surface area contributed by atoms with Gasteiger partial charge in [-0.25, -0.2) is 0 Å². The molecule has 2 aromatic heterocycles. The Balaban J connectivity index is 2.41. The minimum absolute atomic E-state index is 0.727. The van der Waals surface area contributed by atoms with Crippen LogP contribution < -0.4 is 5.73 Å². The van der Waals surface area contributed by atoms with Crippen molar-refractivity contribution in [3.63, 3.8) is 0 Å². The molecule has 2 aromatic rings. The van der Waals surface area contributed by atoms with Crippen LogP contribution in [-0.2, 0) is 13.6 Å². The molecule has 2 N–H and O–H groups in total. The van der Waals surface area contributed by atoms with E-state index >= 15 is 0 Å². The van der Waals surface area contributed by atoms with Crippen molar-refractivity contribution in [1.29, 1.82) is 0 Å². The molecule has 0 aliphatic carbocycles. The summed E-state index contributed by atoms with van der Waals surface area (Å²) < 4.78 is 3.80. The summed E-state index contributed by atoms with van der Waals surface area (Å²) >= 11 is 0. The van der Waals surface area contributed by atoms with Gasteiger partial charge in [0.05, 0.1) is 11.4 Å². The van der Waals surface area contributed by atoms with Gasteiger partial charge in [-0.2, -0.15) is 10.2 Å². The average Bonchev–Trinajstić information content (AvgIpc) is 2.78. The molecule has 0 bridgehead atoms. The standard InChI is InChI=1S/C13H21N5/c1-5-6-7-18-8-11(14)13(16-18)12-9(2)15-17(4)10(12)3/h8H,5-7,14H2,1-4H3. The van der Waals surface area contributed by atoms with E-state index in [-0.39, 0.29) is 0 Å². The topological polar surface area (TPSA) is 61.7 Å². The number of aromatic nitrogens is 4. The van der Waals surface area contributed by atoms with Crippen molar-refractivity contribution >= 4 is 5.69 Å². The number of hydrogen-bond donors (Lipinski definition) is 1. The van der Waals surface area contributed by atoms with Crippen LogP contribution in [0, 0.1) is 13.8 Å². The molecule has 5 heteroatoms. The second-order valence-electron chi connectivity index (χ2n) is 4.72. The lowest BCUT2D eigenvalue weighted by molar-refractivity contribution is 0.573. The smallest absolute Gasteiger partial charge is 0.119 e. The van der Waals surface area contributed by atoms with E-state index in [4.69, 9.17) is 5.73 Å². The lowest BCUT2D eigenvalue weighted by Crippen LogP contribution is -1.98. The number of aryl methyl sites for hydroxylation is 3. The average molecular weight is 247 g/mol. The Kier molecular flexibility index (Phi) is 3.41. The summed E-state index contributed by atoms with van der Waals surface area (Å²) in [5.74, 6) is 0. The molecule has 18 heavy (non-hydrogen) atoms. The number of rotatable bonds is 4. The first-order valence-corrected chi connectivity index (χ1v) is 6.38. The van der Waals surface area contributed by atoms with E-state index in [1.54, 1.807) is 0 Å². The van der Waals surface area contributed by atoms with Gasteiger partial charge in [0.25, 0.3) is 0 Å². The Morgan fingerprint density at radius 2 is 2.00 bits per heavy atom. The molecule has 0 saturated carbocycles. The summed E-state index contributed by atoms with van der Waals surface area (Å²) in [6.07, 6.45) is 4.18. The van der Waals surface area contributed by atoms with Gasteiger partial charge in [0, 0.05) is 31.0 Å². The van der Waals surface area contributed by atoms with Gasteiger partial charge in [-0.15, -0.1) is 0 Å². The first-order valence-electron chi connectivity index (χ1n) is 6.38. The van der Waals surface area contributed by atoms with Crippen molar-refractivity contribution in [2.45, 2.75) is 40.2 Å². The monoisotopic (exact) mass is 247 g/mol. The summed E-state index contributed by atoms with van der Waals surface area (Å²) in [6.45, 7) is 7.12. The van der Waals surface area contributed by atoms with Crippen LogP contribution in [-0.4, -0.2) is 19.6 Å². The summed E-state index contributed by atoms with van der Waals surface area (Å²) in [4.78, 5) is 0. The van der Waals surface area contributed by atoms with Crippen LogP contribution >= 0.6 is 0 Å². The second-order valence-corrected chi connectivity index (χ2v) is 4.72. The van der Waals surface area contributed by atoms with Gasteiger partial charge in [-0.05, 0) is 20.3 Å². The summed E-state index contributed by atoms with van der Waals surface area (Å²) in [5, 5.41) is 9.00. The molecular weight excluding hydrogens is 226 g/mol. The quantitative estimate of drug-likeness (QED) is 0.901. The zero-order chi connectivity index (χ0) is 13.3. The molecular formula is C13H21N5. The van der Waals surface area contributed by atoms with Gasteiger partial charge in [0.1, 0.15) is 5.69 Å². The normalized spacial score (nSPS) is 11.1. The Morgan fingerprint density at radius 1 is 1.28 bits per heavy atom. The molecule has 0 saturated heterocycles. The molecule has 0 fully saturated rings. The van der Waals surface area contributed by atoms with Crippen LogP contribution in [0.5, 0.6) is 0 Å². The van der Waals surface area contributed by atoms with Gasteiger partial charge in [-0.1, -0.05) is 13.3 Å². The predicted octanol–water partition coefficient (Wildman–Crippen LogP) is 2.28. The Morgan fingerprint density at radius 3 is 2.56 bits per heavy atom. The summed E-state index contributed by atoms with van der Waals surface area (Å²) in [5.41, 5.74) is 10.8. The first kappa shape index (κ1) is 12.7. The molecule has 98 valence electrons. The maximum Gasteiger partial charge on any atom is 0.119 e. The van der Waals surface area contributed by atoms with Crippen molar-refractivity contribution in [2.75, 3.05) is 5.73 Å².